The predicted molar refractivity (Wildman–Crippen MR) is 100 cm³/mol. The highest BCUT2D eigenvalue weighted by atomic mass is 32.2. The second kappa shape index (κ2) is 7.85. The third-order valence-electron chi connectivity index (χ3n) is 5.03. The van der Waals surface area contributed by atoms with Crippen LogP contribution >= 0.6 is 0 Å². The number of sulfone groups is 1. The molecule has 3 rings (SSSR count). The molecule has 2 amide bonds. The first-order valence-corrected chi connectivity index (χ1v) is 10.9. The highest BCUT2D eigenvalue weighted by Gasteiger charge is 2.37. The van der Waals surface area contributed by atoms with Crippen molar-refractivity contribution in [2.24, 2.45) is 5.92 Å². The largest absolute Gasteiger partial charge is 0.480 e. The summed E-state index contributed by atoms with van der Waals surface area (Å²) in [4.78, 5) is 25.3. The van der Waals surface area contributed by atoms with Crippen LogP contribution in [0.2, 0.25) is 0 Å². The van der Waals surface area contributed by atoms with Crippen LogP contribution in [0.1, 0.15) is 25.7 Å². The Kier molecular flexibility index (Phi) is 5.71. The van der Waals surface area contributed by atoms with Gasteiger partial charge in [-0.05, 0) is 43.7 Å². The first kappa shape index (κ1) is 19.6. The van der Waals surface area contributed by atoms with Gasteiger partial charge in [0.25, 0.3) is 0 Å². The van der Waals surface area contributed by atoms with Crippen LogP contribution in [0, 0.1) is 5.92 Å². The maximum atomic E-state index is 12.2. The molecule has 0 radical (unpaired) electrons. The maximum Gasteiger partial charge on any atom is 0.319 e. The van der Waals surface area contributed by atoms with Crippen molar-refractivity contribution in [3.63, 3.8) is 0 Å². The van der Waals surface area contributed by atoms with E-state index in [1.54, 1.807) is 18.2 Å². The van der Waals surface area contributed by atoms with E-state index in [1.165, 1.54) is 6.07 Å². The van der Waals surface area contributed by atoms with Gasteiger partial charge in [-0.15, -0.1) is 0 Å². The molecule has 148 valence electrons. The number of anilines is 1. The normalized spacial score (nSPS) is 22.1. The van der Waals surface area contributed by atoms with Crippen molar-refractivity contribution in [1.29, 1.82) is 0 Å². The number of carbonyl (C=O) groups is 2. The number of urea groups is 1. The number of rotatable bonds is 8. The van der Waals surface area contributed by atoms with E-state index in [-0.39, 0.29) is 29.2 Å². The van der Waals surface area contributed by atoms with Gasteiger partial charge in [0.15, 0.2) is 9.84 Å². The van der Waals surface area contributed by atoms with E-state index in [4.69, 9.17) is 5.11 Å². The van der Waals surface area contributed by atoms with E-state index in [2.05, 4.69) is 10.6 Å². The number of benzene rings is 1. The van der Waals surface area contributed by atoms with E-state index >= 15 is 0 Å². The zero-order valence-electron chi connectivity index (χ0n) is 15.2. The minimum Gasteiger partial charge on any atom is -0.480 e. The number of amides is 2. The lowest BCUT2D eigenvalue weighted by Gasteiger charge is -2.42. The molecule has 1 aromatic rings. The smallest absolute Gasteiger partial charge is 0.319 e. The fraction of sp³-hybridized carbons (Fsp3) is 0.556. The molecule has 0 atom stereocenters. The third-order valence-corrected chi connectivity index (χ3v) is 6.18. The lowest BCUT2D eigenvalue weighted by atomic mass is 9.85. The van der Waals surface area contributed by atoms with E-state index in [0.29, 0.717) is 18.8 Å². The summed E-state index contributed by atoms with van der Waals surface area (Å²) in [6.45, 7) is 0.833. The van der Waals surface area contributed by atoms with E-state index in [9.17, 15) is 18.0 Å². The number of para-hydroxylation sites is 1. The van der Waals surface area contributed by atoms with Crippen LogP contribution in [0.5, 0.6) is 0 Å². The van der Waals surface area contributed by atoms with Crippen LogP contribution in [-0.4, -0.2) is 61.9 Å². The van der Waals surface area contributed by atoms with Gasteiger partial charge in [0.05, 0.1) is 17.1 Å². The first-order valence-electron chi connectivity index (χ1n) is 9.05. The van der Waals surface area contributed by atoms with Crippen LogP contribution in [0.25, 0.3) is 0 Å². The summed E-state index contributed by atoms with van der Waals surface area (Å²) >= 11 is 0. The Morgan fingerprint density at radius 1 is 1.22 bits per heavy atom. The van der Waals surface area contributed by atoms with Crippen molar-refractivity contribution in [2.75, 3.05) is 24.7 Å². The summed E-state index contributed by atoms with van der Waals surface area (Å²) in [5.74, 6) is -0.227. The van der Waals surface area contributed by atoms with Crippen molar-refractivity contribution >= 4 is 27.5 Å². The molecule has 0 spiro atoms. The first-order chi connectivity index (χ1) is 12.7. The van der Waals surface area contributed by atoms with Gasteiger partial charge in [-0.25, -0.2) is 13.2 Å². The second-order valence-electron chi connectivity index (χ2n) is 7.46. The minimum atomic E-state index is -3.44. The third kappa shape index (κ3) is 5.43. The molecule has 2 aliphatic rings. The number of carboxylic acids is 1. The van der Waals surface area contributed by atoms with Crippen LogP contribution in [0.15, 0.2) is 29.2 Å². The van der Waals surface area contributed by atoms with Crippen molar-refractivity contribution in [3.05, 3.63) is 24.3 Å². The number of hydrogen-bond donors (Lipinski definition) is 3. The van der Waals surface area contributed by atoms with E-state index in [1.807, 2.05) is 4.90 Å². The quantitative estimate of drug-likeness (QED) is 0.615. The second-order valence-corrected chi connectivity index (χ2v) is 9.44. The monoisotopic (exact) mass is 395 g/mol. The number of carboxylic acid groups (broad SMARTS) is 1. The maximum absolute atomic E-state index is 12.2. The number of aliphatic carboxylic acids is 1. The van der Waals surface area contributed by atoms with Gasteiger partial charge in [-0.1, -0.05) is 12.1 Å². The number of nitrogens with zero attached hydrogens (tertiary/aromatic N) is 1. The van der Waals surface area contributed by atoms with Gasteiger partial charge in [0, 0.05) is 24.9 Å². The Balaban J connectivity index is 1.51. The molecular formula is C18H25N3O5S. The summed E-state index contributed by atoms with van der Waals surface area (Å²) in [6.07, 6.45) is 4.81. The van der Waals surface area contributed by atoms with Gasteiger partial charge in [-0.2, -0.15) is 0 Å². The van der Waals surface area contributed by atoms with Crippen LogP contribution in [0.3, 0.4) is 0 Å². The molecule has 2 saturated carbocycles. The molecular weight excluding hydrogens is 370 g/mol. The molecule has 0 bridgehead atoms. The fourth-order valence-electron chi connectivity index (χ4n) is 3.39. The van der Waals surface area contributed by atoms with Gasteiger partial charge in [-0.3, -0.25) is 9.69 Å². The summed E-state index contributed by atoms with van der Waals surface area (Å²) in [6, 6.07) is 5.92. The molecule has 27 heavy (non-hydrogen) atoms. The number of hydrogen-bond acceptors (Lipinski definition) is 5. The highest BCUT2D eigenvalue weighted by molar-refractivity contribution is 7.90. The Labute approximate surface area is 158 Å². The van der Waals surface area contributed by atoms with Gasteiger partial charge in [0.2, 0.25) is 0 Å². The van der Waals surface area contributed by atoms with Gasteiger partial charge < -0.3 is 15.7 Å². The van der Waals surface area contributed by atoms with E-state index < -0.39 is 21.8 Å². The van der Waals surface area contributed by atoms with Crippen molar-refractivity contribution in [3.8, 4) is 0 Å². The molecule has 0 saturated heterocycles. The summed E-state index contributed by atoms with van der Waals surface area (Å²) in [5, 5.41) is 14.5. The lowest BCUT2D eigenvalue weighted by molar-refractivity contribution is -0.139. The zero-order valence-corrected chi connectivity index (χ0v) is 16.0. The molecule has 0 aliphatic heterocycles. The molecule has 0 aromatic heterocycles. The Morgan fingerprint density at radius 2 is 1.89 bits per heavy atom. The lowest BCUT2D eigenvalue weighted by Crippen LogP contribution is -2.55. The molecule has 0 heterocycles. The number of nitrogens with one attached hydrogen (secondary N) is 2. The predicted octanol–water partition coefficient (Wildman–Crippen LogP) is 1.54. The molecule has 0 unspecified atom stereocenters. The Hall–Kier alpha value is -2.13. The highest BCUT2D eigenvalue weighted by Crippen LogP contribution is 2.33. The van der Waals surface area contributed by atoms with Crippen molar-refractivity contribution in [1.82, 2.24) is 10.2 Å². The van der Waals surface area contributed by atoms with E-state index in [0.717, 1.165) is 25.6 Å². The average Bonchev–Trinajstić information content (AvgIpc) is 3.33. The Morgan fingerprint density at radius 3 is 2.48 bits per heavy atom. The molecule has 2 aliphatic carbocycles. The Bertz CT molecular complexity index is 816. The van der Waals surface area contributed by atoms with Crippen molar-refractivity contribution in [2.45, 2.75) is 42.7 Å². The van der Waals surface area contributed by atoms with Crippen molar-refractivity contribution < 1.29 is 23.1 Å². The van der Waals surface area contributed by atoms with Crippen LogP contribution < -0.4 is 10.6 Å². The number of carbonyl (C=O) groups excluding carboxylic acids is 1. The molecule has 2 fully saturated rings. The average molecular weight is 395 g/mol. The SMILES string of the molecule is CS(=O)(=O)c1ccccc1NC(=O)NC1CC(N(CC(=O)O)CC2CC2)C1. The summed E-state index contributed by atoms with van der Waals surface area (Å²) < 4.78 is 23.6. The van der Waals surface area contributed by atoms with Gasteiger partial charge in [0.1, 0.15) is 0 Å². The topological polar surface area (TPSA) is 116 Å². The molecule has 1 aromatic carbocycles. The van der Waals surface area contributed by atoms with Crippen LogP contribution in [0.4, 0.5) is 10.5 Å². The summed E-state index contributed by atoms with van der Waals surface area (Å²) in [5.41, 5.74) is 0.245. The summed E-state index contributed by atoms with van der Waals surface area (Å²) in [7, 11) is -3.44. The van der Waals surface area contributed by atoms with Gasteiger partial charge >= 0.3 is 12.0 Å². The minimum absolute atomic E-state index is 0.0296. The molecule has 8 nitrogen and oxygen atoms in total. The molecule has 9 heteroatoms. The standard InChI is InChI=1S/C18H25N3O5S/c1-27(25,26)16-5-3-2-4-15(16)20-18(24)19-13-8-14(9-13)21(11-17(22)23)10-12-6-7-12/h2-5,12-14H,6-11H2,1H3,(H,22,23)(H2,19,20,24). The zero-order chi connectivity index (χ0) is 19.6. The molecule has 3 N–H and O–H groups in total. The van der Waals surface area contributed by atoms with Crippen LogP contribution in [-0.2, 0) is 14.6 Å². The fourth-order valence-corrected chi connectivity index (χ4v) is 4.23.